The molecule has 4 atom stereocenters. The molecule has 2 N–H and O–H groups in total. The fourth-order valence-corrected chi connectivity index (χ4v) is 5.38. The number of hydrogen-bond donors (Lipinski definition) is 2. The van der Waals surface area contributed by atoms with Gasteiger partial charge in [0.15, 0.2) is 11.3 Å². The van der Waals surface area contributed by atoms with Gasteiger partial charge in [-0.05, 0) is 31.9 Å². The molecular formula is C22H24N4O6. The Balaban J connectivity index is 0.000000684. The van der Waals surface area contributed by atoms with E-state index < -0.39 is 0 Å². The number of ether oxygens (including phenoxy) is 1. The van der Waals surface area contributed by atoms with Crippen LogP contribution in [0.1, 0.15) is 29.1 Å². The fraction of sp³-hybridized carbons (Fsp3) is 0.455. The lowest BCUT2D eigenvalue weighted by atomic mass is 9.73. The third kappa shape index (κ3) is 3.40. The number of fused-ring (bicyclic) bond motifs is 2. The molecule has 1 amide bonds. The number of oxazole rings is 1. The zero-order chi connectivity index (χ0) is 22.3. The molecule has 0 radical (unpaired) electrons. The molecule has 10 nitrogen and oxygen atoms in total. The maximum absolute atomic E-state index is 12.4. The molecule has 2 bridgehead atoms. The number of hydrogen-bond acceptors (Lipinski definition) is 8. The first-order valence-corrected chi connectivity index (χ1v) is 10.6. The van der Waals surface area contributed by atoms with Gasteiger partial charge in [-0.25, -0.2) is 0 Å². The van der Waals surface area contributed by atoms with Crippen LogP contribution >= 0.6 is 0 Å². The molecule has 0 unspecified atom stereocenters. The molecule has 3 aromatic rings. The lowest BCUT2D eigenvalue weighted by molar-refractivity contribution is -0.122. The van der Waals surface area contributed by atoms with Crippen molar-refractivity contribution in [2.24, 2.45) is 11.8 Å². The molecule has 3 aliphatic heterocycles. The van der Waals surface area contributed by atoms with Crippen molar-refractivity contribution in [2.75, 3.05) is 24.5 Å². The zero-order valence-electron chi connectivity index (χ0n) is 17.6. The van der Waals surface area contributed by atoms with E-state index in [1.165, 1.54) is 0 Å². The maximum atomic E-state index is 12.4. The van der Waals surface area contributed by atoms with Crippen LogP contribution in [-0.2, 0) is 9.53 Å². The summed E-state index contributed by atoms with van der Waals surface area (Å²) in [5.41, 5.74) is 1.83. The third-order valence-electron chi connectivity index (χ3n) is 6.70. The van der Waals surface area contributed by atoms with Crippen molar-refractivity contribution in [3.63, 3.8) is 0 Å². The van der Waals surface area contributed by atoms with Crippen LogP contribution in [0.15, 0.2) is 39.3 Å². The van der Waals surface area contributed by atoms with Crippen LogP contribution in [0, 0.1) is 18.8 Å². The Labute approximate surface area is 183 Å². The molecular weight excluding hydrogens is 416 g/mol. The second-order valence-electron chi connectivity index (χ2n) is 8.51. The van der Waals surface area contributed by atoms with Crippen LogP contribution < -0.4 is 10.2 Å². The van der Waals surface area contributed by atoms with Crippen molar-refractivity contribution >= 4 is 29.5 Å². The average Bonchev–Trinajstić information content (AvgIpc) is 3.57. The van der Waals surface area contributed by atoms with Gasteiger partial charge in [-0.2, -0.15) is 4.98 Å². The smallest absolute Gasteiger partial charge is 0.298 e. The molecule has 2 aromatic heterocycles. The van der Waals surface area contributed by atoms with E-state index in [9.17, 15) is 4.79 Å². The summed E-state index contributed by atoms with van der Waals surface area (Å²) in [4.78, 5) is 27.6. The maximum Gasteiger partial charge on any atom is 0.298 e. The molecule has 6 rings (SSSR count). The highest BCUT2D eigenvalue weighted by Crippen LogP contribution is 2.55. The van der Waals surface area contributed by atoms with Gasteiger partial charge in [0.25, 0.3) is 18.4 Å². The first kappa shape index (κ1) is 20.5. The molecule has 3 fully saturated rings. The zero-order valence-corrected chi connectivity index (χ0v) is 17.6. The summed E-state index contributed by atoms with van der Waals surface area (Å²) < 4.78 is 17.5. The number of carbonyl (C=O) groups excluding carboxylic acids is 1. The molecule has 1 spiro atoms. The SMILES string of the molecule is Cc1cc(C(=O)NC[C@H]2[C@H]3CN(c4nc5ccccc5o4)C[C@]34CC[C@H]2O4)no1.O=CO. The van der Waals surface area contributed by atoms with E-state index in [1.54, 1.807) is 13.0 Å². The fourth-order valence-electron chi connectivity index (χ4n) is 5.38. The summed E-state index contributed by atoms with van der Waals surface area (Å²) in [7, 11) is 0. The van der Waals surface area contributed by atoms with E-state index in [-0.39, 0.29) is 30.0 Å². The van der Waals surface area contributed by atoms with E-state index in [1.807, 2.05) is 24.3 Å². The van der Waals surface area contributed by atoms with Crippen LogP contribution in [0.3, 0.4) is 0 Å². The number of para-hydroxylation sites is 2. The Kier molecular flexibility index (Phi) is 5.09. The Hall–Kier alpha value is -3.40. The standard InChI is InChI=1S/C21H22N4O4.CH2O2/c1-12-8-16(24-29-12)19(26)22-9-13-14-10-25(11-21(14)7-6-17(13)28-21)20-23-15-4-2-3-5-18(15)27-20;2-1-3/h2-5,8,13-14,17H,6-7,9-11H2,1H3,(H,22,26);1H,(H,2,3)/t13-,14+,17+,21+;/m0./s1. The lowest BCUT2D eigenvalue weighted by Crippen LogP contribution is -2.42. The van der Waals surface area contributed by atoms with Crippen molar-refractivity contribution < 1.29 is 28.4 Å². The van der Waals surface area contributed by atoms with E-state index >= 15 is 0 Å². The van der Waals surface area contributed by atoms with Crippen LogP contribution in [0.25, 0.3) is 11.1 Å². The van der Waals surface area contributed by atoms with Crippen molar-refractivity contribution in [3.05, 3.63) is 41.8 Å². The molecule has 10 heteroatoms. The summed E-state index contributed by atoms with van der Waals surface area (Å²) in [6.07, 6.45) is 2.28. The normalized spacial score (nSPS) is 27.8. The molecule has 0 aliphatic carbocycles. The highest BCUT2D eigenvalue weighted by atomic mass is 16.5. The number of aromatic nitrogens is 2. The number of nitrogens with zero attached hydrogens (tertiary/aromatic N) is 3. The third-order valence-corrected chi connectivity index (χ3v) is 6.70. The second-order valence-corrected chi connectivity index (χ2v) is 8.51. The summed E-state index contributed by atoms with van der Waals surface area (Å²) in [5, 5.41) is 13.7. The number of carbonyl (C=O) groups is 2. The van der Waals surface area contributed by atoms with E-state index in [0.29, 0.717) is 29.9 Å². The minimum Gasteiger partial charge on any atom is -0.483 e. The molecule has 5 heterocycles. The molecule has 0 saturated carbocycles. The van der Waals surface area contributed by atoms with Gasteiger partial charge in [-0.3, -0.25) is 9.59 Å². The predicted octanol–water partition coefficient (Wildman–Crippen LogP) is 2.24. The summed E-state index contributed by atoms with van der Waals surface area (Å²) in [5.74, 6) is 1.04. The molecule has 168 valence electrons. The van der Waals surface area contributed by atoms with Crippen LogP contribution in [-0.4, -0.2) is 59.0 Å². The number of nitrogens with one attached hydrogen (secondary N) is 1. The van der Waals surface area contributed by atoms with Gasteiger partial charge in [0, 0.05) is 31.0 Å². The van der Waals surface area contributed by atoms with E-state index in [4.69, 9.17) is 23.6 Å². The summed E-state index contributed by atoms with van der Waals surface area (Å²) >= 11 is 0. The highest BCUT2D eigenvalue weighted by molar-refractivity contribution is 5.92. The quantitative estimate of drug-likeness (QED) is 0.586. The van der Waals surface area contributed by atoms with Crippen LogP contribution in [0.2, 0.25) is 0 Å². The van der Waals surface area contributed by atoms with Gasteiger partial charge in [-0.1, -0.05) is 17.3 Å². The number of anilines is 1. The van der Waals surface area contributed by atoms with Crippen molar-refractivity contribution in [1.82, 2.24) is 15.5 Å². The predicted molar refractivity (Wildman–Crippen MR) is 112 cm³/mol. The van der Waals surface area contributed by atoms with Crippen LogP contribution in [0.5, 0.6) is 0 Å². The number of benzene rings is 1. The van der Waals surface area contributed by atoms with Gasteiger partial charge in [0.1, 0.15) is 11.3 Å². The first-order valence-electron chi connectivity index (χ1n) is 10.6. The number of amides is 1. The van der Waals surface area contributed by atoms with Crippen LogP contribution in [0.4, 0.5) is 6.01 Å². The van der Waals surface area contributed by atoms with Gasteiger partial charge in [0.2, 0.25) is 0 Å². The first-order chi connectivity index (χ1) is 15.5. The number of aryl methyl sites for hydroxylation is 1. The van der Waals surface area contributed by atoms with Crippen molar-refractivity contribution in [1.29, 1.82) is 0 Å². The van der Waals surface area contributed by atoms with Gasteiger partial charge < -0.3 is 29.0 Å². The monoisotopic (exact) mass is 440 g/mol. The Bertz CT molecular complexity index is 1110. The molecule has 3 saturated heterocycles. The average molecular weight is 440 g/mol. The van der Waals surface area contributed by atoms with Gasteiger partial charge in [-0.15, -0.1) is 0 Å². The summed E-state index contributed by atoms with van der Waals surface area (Å²) in [6, 6.07) is 10.1. The molecule has 3 aliphatic rings. The minimum absolute atomic E-state index is 0.162. The molecule has 1 aromatic carbocycles. The van der Waals surface area contributed by atoms with E-state index in [0.717, 1.165) is 37.0 Å². The van der Waals surface area contributed by atoms with Crippen molar-refractivity contribution in [2.45, 2.75) is 31.5 Å². The second kappa shape index (κ2) is 7.94. The Morgan fingerprint density at radius 3 is 2.97 bits per heavy atom. The largest absolute Gasteiger partial charge is 0.483 e. The van der Waals surface area contributed by atoms with Crippen molar-refractivity contribution in [3.8, 4) is 0 Å². The highest BCUT2D eigenvalue weighted by Gasteiger charge is 2.63. The molecule has 32 heavy (non-hydrogen) atoms. The summed E-state index contributed by atoms with van der Waals surface area (Å²) in [6.45, 7) is 3.71. The lowest BCUT2D eigenvalue weighted by Gasteiger charge is -2.29. The Morgan fingerprint density at radius 2 is 2.22 bits per heavy atom. The van der Waals surface area contributed by atoms with Gasteiger partial charge in [0.05, 0.1) is 18.2 Å². The topological polar surface area (TPSA) is 131 Å². The Morgan fingerprint density at radius 1 is 1.41 bits per heavy atom. The van der Waals surface area contributed by atoms with Gasteiger partial charge >= 0.3 is 0 Å². The number of carboxylic acid groups (broad SMARTS) is 1. The minimum atomic E-state index is -0.250. The van der Waals surface area contributed by atoms with E-state index in [2.05, 4.69) is 20.4 Å². The number of rotatable bonds is 4.